The van der Waals surface area contributed by atoms with Gasteiger partial charge in [0, 0.05) is 11.4 Å². The molecular formula is C10H16N2. The summed E-state index contributed by atoms with van der Waals surface area (Å²) in [6.07, 6.45) is 0.966. The zero-order chi connectivity index (χ0) is 9.30. The zero-order valence-corrected chi connectivity index (χ0v) is 7.94. The van der Waals surface area contributed by atoms with E-state index in [2.05, 4.69) is 13.0 Å². The van der Waals surface area contributed by atoms with Crippen LogP contribution in [-0.2, 0) is 6.42 Å². The van der Waals surface area contributed by atoms with Gasteiger partial charge in [0.05, 0.1) is 0 Å². The molecule has 0 spiro atoms. The van der Waals surface area contributed by atoms with Crippen molar-refractivity contribution in [3.63, 3.8) is 0 Å². The Morgan fingerprint density at radius 2 is 1.75 bits per heavy atom. The maximum Gasteiger partial charge on any atom is 0.0397 e. The number of hydrogen-bond donors (Lipinski definition) is 2. The van der Waals surface area contributed by atoms with Crippen LogP contribution in [0.4, 0.5) is 11.4 Å². The van der Waals surface area contributed by atoms with Crippen molar-refractivity contribution in [3.8, 4) is 0 Å². The van der Waals surface area contributed by atoms with Crippen LogP contribution < -0.4 is 11.5 Å². The highest BCUT2D eigenvalue weighted by Gasteiger charge is 2.06. The molecule has 0 atom stereocenters. The second-order valence-corrected chi connectivity index (χ2v) is 3.16. The minimum atomic E-state index is 0.824. The molecule has 0 saturated carbocycles. The van der Waals surface area contributed by atoms with Gasteiger partial charge in [0.25, 0.3) is 0 Å². The average Bonchev–Trinajstić information content (AvgIpc) is 2.08. The molecule has 0 aliphatic carbocycles. The Morgan fingerprint density at radius 1 is 1.17 bits per heavy atom. The van der Waals surface area contributed by atoms with Crippen molar-refractivity contribution in [3.05, 3.63) is 22.8 Å². The first-order valence-electron chi connectivity index (χ1n) is 4.22. The number of aryl methyl sites for hydroxylation is 2. The summed E-state index contributed by atoms with van der Waals surface area (Å²) in [7, 11) is 0. The minimum absolute atomic E-state index is 0.824. The van der Waals surface area contributed by atoms with Gasteiger partial charge < -0.3 is 11.5 Å². The number of benzene rings is 1. The molecule has 0 bridgehead atoms. The number of hydrogen-bond acceptors (Lipinski definition) is 2. The lowest BCUT2D eigenvalue weighted by Crippen LogP contribution is -2.02. The molecular weight excluding hydrogens is 148 g/mol. The Balaban J connectivity index is 3.39. The van der Waals surface area contributed by atoms with Gasteiger partial charge in [-0.25, -0.2) is 0 Å². The van der Waals surface area contributed by atoms with Gasteiger partial charge in [-0.3, -0.25) is 0 Å². The predicted octanol–water partition coefficient (Wildman–Crippen LogP) is 2.03. The van der Waals surface area contributed by atoms with Gasteiger partial charge in [-0.1, -0.05) is 13.0 Å². The van der Waals surface area contributed by atoms with E-state index < -0.39 is 0 Å². The Kier molecular flexibility index (Phi) is 2.27. The molecule has 0 radical (unpaired) electrons. The van der Waals surface area contributed by atoms with E-state index >= 15 is 0 Å². The fraction of sp³-hybridized carbons (Fsp3) is 0.400. The third-order valence-corrected chi connectivity index (χ3v) is 2.35. The molecule has 0 unspecified atom stereocenters. The molecule has 4 N–H and O–H groups in total. The topological polar surface area (TPSA) is 52.0 Å². The molecule has 2 heteroatoms. The fourth-order valence-corrected chi connectivity index (χ4v) is 1.39. The van der Waals surface area contributed by atoms with E-state index in [1.165, 1.54) is 5.56 Å². The van der Waals surface area contributed by atoms with Crippen molar-refractivity contribution in [1.29, 1.82) is 0 Å². The Labute approximate surface area is 73.6 Å². The van der Waals surface area contributed by atoms with Crippen LogP contribution in [-0.4, -0.2) is 0 Å². The lowest BCUT2D eigenvalue weighted by atomic mass is 10.0. The minimum Gasteiger partial charge on any atom is -0.398 e. The van der Waals surface area contributed by atoms with E-state index in [-0.39, 0.29) is 0 Å². The van der Waals surface area contributed by atoms with Gasteiger partial charge in [-0.2, -0.15) is 0 Å². The van der Waals surface area contributed by atoms with Crippen LogP contribution in [0.15, 0.2) is 6.07 Å². The molecule has 2 nitrogen and oxygen atoms in total. The molecule has 1 aromatic rings. The summed E-state index contributed by atoms with van der Waals surface area (Å²) >= 11 is 0. The lowest BCUT2D eigenvalue weighted by Gasteiger charge is -2.11. The van der Waals surface area contributed by atoms with Gasteiger partial charge >= 0.3 is 0 Å². The van der Waals surface area contributed by atoms with Crippen molar-refractivity contribution in [2.24, 2.45) is 0 Å². The van der Waals surface area contributed by atoms with Crippen LogP contribution in [0.5, 0.6) is 0 Å². The van der Waals surface area contributed by atoms with Gasteiger partial charge in [0.1, 0.15) is 0 Å². The molecule has 0 aliphatic rings. The third kappa shape index (κ3) is 1.24. The molecule has 66 valence electrons. The number of nitrogen functional groups attached to an aromatic ring is 2. The van der Waals surface area contributed by atoms with Crippen LogP contribution in [0, 0.1) is 13.8 Å². The molecule has 0 aliphatic heterocycles. The third-order valence-electron chi connectivity index (χ3n) is 2.35. The second-order valence-electron chi connectivity index (χ2n) is 3.16. The van der Waals surface area contributed by atoms with Gasteiger partial charge in [0.2, 0.25) is 0 Å². The van der Waals surface area contributed by atoms with E-state index in [9.17, 15) is 0 Å². The highest BCUT2D eigenvalue weighted by molar-refractivity contribution is 5.68. The molecule has 0 aromatic heterocycles. The van der Waals surface area contributed by atoms with Crippen molar-refractivity contribution >= 4 is 11.4 Å². The molecule has 0 heterocycles. The highest BCUT2D eigenvalue weighted by atomic mass is 14.6. The predicted molar refractivity (Wildman–Crippen MR) is 54.1 cm³/mol. The first kappa shape index (κ1) is 8.91. The summed E-state index contributed by atoms with van der Waals surface area (Å²) in [5.41, 5.74) is 16.7. The monoisotopic (exact) mass is 164 g/mol. The largest absolute Gasteiger partial charge is 0.398 e. The number of rotatable bonds is 1. The van der Waals surface area contributed by atoms with Crippen molar-refractivity contribution < 1.29 is 0 Å². The van der Waals surface area contributed by atoms with E-state index in [0.29, 0.717) is 0 Å². The normalized spacial score (nSPS) is 10.2. The highest BCUT2D eigenvalue weighted by Crippen LogP contribution is 2.26. The Morgan fingerprint density at radius 3 is 2.25 bits per heavy atom. The van der Waals surface area contributed by atoms with E-state index in [1.54, 1.807) is 0 Å². The molecule has 0 fully saturated rings. The van der Waals surface area contributed by atoms with E-state index in [4.69, 9.17) is 11.5 Å². The van der Waals surface area contributed by atoms with Gasteiger partial charge in [0.15, 0.2) is 0 Å². The quantitative estimate of drug-likeness (QED) is 0.624. The van der Waals surface area contributed by atoms with Crippen molar-refractivity contribution in [2.75, 3.05) is 11.5 Å². The number of nitrogens with two attached hydrogens (primary N) is 2. The summed E-state index contributed by atoms with van der Waals surface area (Å²) in [4.78, 5) is 0. The van der Waals surface area contributed by atoms with E-state index in [0.717, 1.165) is 28.9 Å². The van der Waals surface area contributed by atoms with Crippen LogP contribution in [0.1, 0.15) is 23.6 Å². The van der Waals surface area contributed by atoms with Crippen LogP contribution >= 0.6 is 0 Å². The second kappa shape index (κ2) is 3.05. The summed E-state index contributed by atoms with van der Waals surface area (Å²) in [6.45, 7) is 6.08. The molecule has 0 saturated heterocycles. The van der Waals surface area contributed by atoms with Crippen LogP contribution in [0.25, 0.3) is 0 Å². The average molecular weight is 164 g/mol. The maximum absolute atomic E-state index is 5.88. The van der Waals surface area contributed by atoms with Crippen LogP contribution in [0.2, 0.25) is 0 Å². The van der Waals surface area contributed by atoms with Crippen molar-refractivity contribution in [1.82, 2.24) is 0 Å². The van der Waals surface area contributed by atoms with Gasteiger partial charge in [-0.15, -0.1) is 0 Å². The number of anilines is 2. The first-order valence-corrected chi connectivity index (χ1v) is 4.22. The summed E-state index contributed by atoms with van der Waals surface area (Å²) in [6, 6.07) is 2.07. The molecule has 12 heavy (non-hydrogen) atoms. The lowest BCUT2D eigenvalue weighted by molar-refractivity contribution is 1.13. The fourth-order valence-electron chi connectivity index (χ4n) is 1.39. The van der Waals surface area contributed by atoms with Crippen LogP contribution in [0.3, 0.4) is 0 Å². The SMILES string of the molecule is CCc1cc(C)c(N)c(C)c1N. The molecule has 1 aromatic carbocycles. The maximum atomic E-state index is 5.88. The smallest absolute Gasteiger partial charge is 0.0397 e. The first-order chi connectivity index (χ1) is 5.57. The Bertz CT molecular complexity index is 303. The van der Waals surface area contributed by atoms with Gasteiger partial charge in [-0.05, 0) is 37.0 Å². The molecule has 1 rings (SSSR count). The zero-order valence-electron chi connectivity index (χ0n) is 7.94. The summed E-state index contributed by atoms with van der Waals surface area (Å²) < 4.78 is 0. The standard InChI is InChI=1S/C10H16N2/c1-4-8-5-6(2)9(11)7(3)10(8)12/h5H,4,11-12H2,1-3H3. The summed E-state index contributed by atoms with van der Waals surface area (Å²) in [5.74, 6) is 0. The summed E-state index contributed by atoms with van der Waals surface area (Å²) in [5, 5.41) is 0. The van der Waals surface area contributed by atoms with E-state index in [1.807, 2.05) is 13.8 Å². The Hall–Kier alpha value is -1.18. The van der Waals surface area contributed by atoms with Crippen molar-refractivity contribution in [2.45, 2.75) is 27.2 Å². The molecule has 0 amide bonds.